The van der Waals surface area contributed by atoms with Crippen molar-refractivity contribution in [3.05, 3.63) is 60.7 Å². The van der Waals surface area contributed by atoms with Crippen molar-refractivity contribution in [1.29, 1.82) is 0 Å². The topological polar surface area (TPSA) is 68.0 Å². The van der Waals surface area contributed by atoms with Crippen molar-refractivity contribution in [3.63, 3.8) is 0 Å². The maximum absolute atomic E-state index is 11.9. The smallest absolute Gasteiger partial charge is 0.277 e. The molecule has 3 rings (SSSR count). The first-order chi connectivity index (χ1) is 12.3. The van der Waals surface area contributed by atoms with E-state index < -0.39 is 0 Å². The lowest BCUT2D eigenvalue weighted by molar-refractivity contribution is -0.118. The molecule has 0 atom stereocenters. The molecule has 0 aliphatic rings. The zero-order valence-corrected chi connectivity index (χ0v) is 15.1. The van der Waals surface area contributed by atoms with Crippen LogP contribution in [-0.4, -0.2) is 34.2 Å². The predicted octanol–water partition coefficient (Wildman–Crippen LogP) is 3.74. The van der Waals surface area contributed by atoms with Gasteiger partial charge in [0, 0.05) is 22.8 Å². The van der Waals surface area contributed by atoms with Crippen LogP contribution in [0.4, 0.5) is 0 Å². The molecule has 0 spiro atoms. The normalized spacial score (nSPS) is 10.6. The summed E-state index contributed by atoms with van der Waals surface area (Å²) in [5.41, 5.74) is 0.865. The molecular weight excluding hydrogens is 354 g/mol. The Hall–Kier alpha value is -2.25. The summed E-state index contributed by atoms with van der Waals surface area (Å²) in [7, 11) is 0. The molecule has 1 amide bonds. The average molecular weight is 371 g/mol. The molecule has 0 aliphatic heterocycles. The Kier molecular flexibility index (Phi) is 6.53. The van der Waals surface area contributed by atoms with Crippen LogP contribution in [0.3, 0.4) is 0 Å². The highest BCUT2D eigenvalue weighted by Gasteiger charge is 2.10. The summed E-state index contributed by atoms with van der Waals surface area (Å²) in [4.78, 5) is 13.1. The second-order valence-corrected chi connectivity index (χ2v) is 7.13. The molecular formula is C18H17N3O2S2. The molecule has 25 heavy (non-hydrogen) atoms. The lowest BCUT2D eigenvalue weighted by atomic mass is 10.2. The van der Waals surface area contributed by atoms with Gasteiger partial charge in [-0.3, -0.25) is 4.79 Å². The summed E-state index contributed by atoms with van der Waals surface area (Å²) in [6.07, 6.45) is 0. The van der Waals surface area contributed by atoms with Crippen LogP contribution in [0.15, 0.2) is 75.2 Å². The van der Waals surface area contributed by atoms with E-state index in [4.69, 9.17) is 4.42 Å². The van der Waals surface area contributed by atoms with E-state index in [1.165, 1.54) is 16.7 Å². The van der Waals surface area contributed by atoms with Crippen LogP contribution >= 0.6 is 23.5 Å². The Balaban J connectivity index is 1.37. The molecule has 3 aromatic rings. The van der Waals surface area contributed by atoms with Crippen LogP contribution in [0.2, 0.25) is 0 Å². The number of amides is 1. The molecule has 1 N–H and O–H groups in total. The van der Waals surface area contributed by atoms with Gasteiger partial charge in [0.1, 0.15) is 0 Å². The molecule has 0 bridgehead atoms. The molecule has 128 valence electrons. The number of thioether (sulfide) groups is 2. The van der Waals surface area contributed by atoms with Crippen LogP contribution in [0, 0.1) is 0 Å². The molecule has 0 unspecified atom stereocenters. The van der Waals surface area contributed by atoms with Crippen LogP contribution in [0.1, 0.15) is 0 Å². The van der Waals surface area contributed by atoms with E-state index in [0.717, 1.165) is 11.3 Å². The summed E-state index contributed by atoms with van der Waals surface area (Å²) < 4.78 is 5.56. The van der Waals surface area contributed by atoms with Gasteiger partial charge in [-0.2, -0.15) is 0 Å². The number of carbonyl (C=O) groups excluding carboxylic acids is 1. The second kappa shape index (κ2) is 9.29. The van der Waals surface area contributed by atoms with Crippen LogP contribution in [0.5, 0.6) is 0 Å². The molecule has 7 heteroatoms. The van der Waals surface area contributed by atoms with Crippen LogP contribution in [-0.2, 0) is 4.79 Å². The third-order valence-corrected chi connectivity index (χ3v) is 5.02. The lowest BCUT2D eigenvalue weighted by Crippen LogP contribution is -2.27. The molecule has 1 aromatic heterocycles. The van der Waals surface area contributed by atoms with Gasteiger partial charge in [0.05, 0.1) is 5.75 Å². The monoisotopic (exact) mass is 371 g/mol. The second-order valence-electron chi connectivity index (χ2n) is 5.04. The average Bonchev–Trinajstić information content (AvgIpc) is 3.14. The first-order valence-corrected chi connectivity index (χ1v) is 9.74. The Labute approximate surface area is 154 Å². The quantitative estimate of drug-likeness (QED) is 0.481. The SMILES string of the molecule is O=C(CSc1nnc(-c2ccccc2)o1)NCCSc1ccccc1. The number of nitrogens with zero attached hydrogens (tertiary/aromatic N) is 2. The Bertz CT molecular complexity index is 794. The first-order valence-electron chi connectivity index (χ1n) is 7.77. The molecule has 0 saturated heterocycles. The standard InChI is InChI=1S/C18H17N3O2S2/c22-16(19-11-12-24-15-9-5-2-6-10-15)13-25-18-21-20-17(23-18)14-7-3-1-4-8-14/h1-10H,11-13H2,(H,19,22). The maximum atomic E-state index is 11.9. The van der Waals surface area contributed by atoms with E-state index in [1.807, 2.05) is 48.5 Å². The minimum Gasteiger partial charge on any atom is -0.411 e. The van der Waals surface area contributed by atoms with Gasteiger partial charge in [-0.15, -0.1) is 22.0 Å². The maximum Gasteiger partial charge on any atom is 0.277 e. The van der Waals surface area contributed by atoms with Gasteiger partial charge in [-0.25, -0.2) is 0 Å². The van der Waals surface area contributed by atoms with Crippen LogP contribution in [0.25, 0.3) is 11.5 Å². The highest BCUT2D eigenvalue weighted by Crippen LogP contribution is 2.22. The number of hydrogen-bond acceptors (Lipinski definition) is 6. The van der Waals surface area contributed by atoms with Gasteiger partial charge in [0.15, 0.2) is 0 Å². The van der Waals surface area contributed by atoms with Crippen molar-refractivity contribution in [1.82, 2.24) is 15.5 Å². The fraction of sp³-hybridized carbons (Fsp3) is 0.167. The molecule has 5 nitrogen and oxygen atoms in total. The summed E-state index contributed by atoms with van der Waals surface area (Å²) in [5.74, 6) is 1.51. The zero-order valence-electron chi connectivity index (χ0n) is 13.4. The highest BCUT2D eigenvalue weighted by molar-refractivity contribution is 7.99. The fourth-order valence-electron chi connectivity index (χ4n) is 2.02. The molecule has 1 heterocycles. The molecule has 0 radical (unpaired) electrons. The van der Waals surface area contributed by atoms with Gasteiger partial charge in [-0.05, 0) is 24.3 Å². The van der Waals surface area contributed by atoms with Gasteiger partial charge in [-0.1, -0.05) is 48.2 Å². The predicted molar refractivity (Wildman–Crippen MR) is 101 cm³/mol. The van der Waals surface area contributed by atoms with Crippen molar-refractivity contribution < 1.29 is 9.21 Å². The first kappa shape index (κ1) is 17.6. The van der Waals surface area contributed by atoms with E-state index >= 15 is 0 Å². The highest BCUT2D eigenvalue weighted by atomic mass is 32.2. The van der Waals surface area contributed by atoms with Crippen molar-refractivity contribution in [2.45, 2.75) is 10.1 Å². The van der Waals surface area contributed by atoms with E-state index in [2.05, 4.69) is 27.6 Å². The third kappa shape index (κ3) is 5.65. The number of rotatable bonds is 8. The van der Waals surface area contributed by atoms with E-state index in [-0.39, 0.29) is 11.7 Å². The molecule has 0 saturated carbocycles. The number of carbonyl (C=O) groups is 1. The van der Waals surface area contributed by atoms with Crippen molar-refractivity contribution in [2.24, 2.45) is 0 Å². The van der Waals surface area contributed by atoms with Gasteiger partial charge < -0.3 is 9.73 Å². The van der Waals surface area contributed by atoms with E-state index in [9.17, 15) is 4.79 Å². The Morgan fingerprint density at radius 3 is 2.44 bits per heavy atom. The van der Waals surface area contributed by atoms with Gasteiger partial charge >= 0.3 is 0 Å². The minimum atomic E-state index is -0.0434. The minimum absolute atomic E-state index is 0.0434. The van der Waals surface area contributed by atoms with Gasteiger partial charge in [0.2, 0.25) is 11.8 Å². The van der Waals surface area contributed by atoms with Crippen LogP contribution < -0.4 is 5.32 Å². The summed E-state index contributed by atoms with van der Waals surface area (Å²) in [6.45, 7) is 0.623. The van der Waals surface area contributed by atoms with E-state index in [1.54, 1.807) is 11.8 Å². The van der Waals surface area contributed by atoms with Crippen molar-refractivity contribution in [3.8, 4) is 11.5 Å². The third-order valence-electron chi connectivity index (χ3n) is 3.19. The molecule has 0 fully saturated rings. The Morgan fingerprint density at radius 2 is 1.68 bits per heavy atom. The number of nitrogens with one attached hydrogen (secondary N) is 1. The summed E-state index contributed by atoms with van der Waals surface area (Å²) in [6, 6.07) is 19.7. The molecule has 0 aliphatic carbocycles. The van der Waals surface area contributed by atoms with E-state index in [0.29, 0.717) is 17.7 Å². The molecule has 2 aromatic carbocycles. The number of hydrogen-bond donors (Lipinski definition) is 1. The number of aromatic nitrogens is 2. The largest absolute Gasteiger partial charge is 0.411 e. The zero-order chi connectivity index (χ0) is 17.3. The van der Waals surface area contributed by atoms with Crippen molar-refractivity contribution >= 4 is 29.4 Å². The summed E-state index contributed by atoms with van der Waals surface area (Å²) >= 11 is 2.95. The summed E-state index contributed by atoms with van der Waals surface area (Å²) in [5, 5.41) is 11.3. The lowest BCUT2D eigenvalue weighted by Gasteiger charge is -2.04. The van der Waals surface area contributed by atoms with Crippen molar-refractivity contribution in [2.75, 3.05) is 18.1 Å². The van der Waals surface area contributed by atoms with Gasteiger partial charge in [0.25, 0.3) is 5.22 Å². The fourth-order valence-corrected chi connectivity index (χ4v) is 3.40. The Morgan fingerprint density at radius 1 is 0.960 bits per heavy atom. The number of benzene rings is 2.